The van der Waals surface area contributed by atoms with E-state index in [2.05, 4.69) is 10.6 Å². The first kappa shape index (κ1) is 23.0. The molecular weight excluding hydrogens is 416 g/mol. The zero-order valence-electron chi connectivity index (χ0n) is 18.9. The van der Waals surface area contributed by atoms with Gasteiger partial charge in [0.1, 0.15) is 12.1 Å². The maximum absolute atomic E-state index is 13.5. The number of hydrogen-bond donors (Lipinski definition) is 3. The number of carbonyl (C=O) groups is 3. The smallest absolute Gasteiger partial charge is 0.246 e. The largest absolute Gasteiger partial charge is 0.343 e. The number of carbonyl (C=O) groups excluding carboxylic acids is 3. The topological polar surface area (TPSA) is 105 Å². The van der Waals surface area contributed by atoms with Crippen LogP contribution in [0.25, 0.3) is 0 Å². The van der Waals surface area contributed by atoms with E-state index in [1.807, 2.05) is 60.7 Å². The molecule has 4 N–H and O–H groups in total. The minimum Gasteiger partial charge on any atom is -0.343 e. The molecule has 33 heavy (non-hydrogen) atoms. The maximum atomic E-state index is 13.5. The van der Waals surface area contributed by atoms with Crippen molar-refractivity contribution < 1.29 is 14.4 Å². The Balaban J connectivity index is 1.55. The Kier molecular flexibility index (Phi) is 7.08. The van der Waals surface area contributed by atoms with Gasteiger partial charge in [-0.2, -0.15) is 0 Å². The molecule has 2 aromatic rings. The van der Waals surface area contributed by atoms with Crippen molar-refractivity contribution in [1.82, 2.24) is 15.5 Å². The van der Waals surface area contributed by atoms with Crippen molar-refractivity contribution in [3.8, 4) is 0 Å². The number of fused-ring (bicyclic) bond motifs is 1. The van der Waals surface area contributed by atoms with Gasteiger partial charge < -0.3 is 21.3 Å². The second-order valence-electron chi connectivity index (χ2n) is 9.04. The molecule has 4 atom stereocenters. The number of hydrogen-bond acceptors (Lipinski definition) is 4. The van der Waals surface area contributed by atoms with Gasteiger partial charge in [-0.05, 0) is 50.2 Å². The zero-order valence-corrected chi connectivity index (χ0v) is 18.9. The first-order valence-electron chi connectivity index (χ1n) is 11.7. The Morgan fingerprint density at radius 3 is 2.12 bits per heavy atom. The number of amides is 3. The summed E-state index contributed by atoms with van der Waals surface area (Å²) in [4.78, 5) is 40.8. The molecule has 2 saturated heterocycles. The summed E-state index contributed by atoms with van der Waals surface area (Å²) < 4.78 is 0. The van der Waals surface area contributed by atoms with Crippen molar-refractivity contribution in [2.45, 2.75) is 69.2 Å². The summed E-state index contributed by atoms with van der Waals surface area (Å²) in [5, 5.41) is 5.99. The average Bonchev–Trinajstić information content (AvgIpc) is 3.19. The summed E-state index contributed by atoms with van der Waals surface area (Å²) in [5.74, 6) is -0.692. The molecule has 174 valence electrons. The van der Waals surface area contributed by atoms with Gasteiger partial charge in [-0.25, -0.2) is 0 Å². The lowest BCUT2D eigenvalue weighted by Crippen LogP contribution is -2.56. The summed E-state index contributed by atoms with van der Waals surface area (Å²) in [5.41, 5.74) is 7.65. The monoisotopic (exact) mass is 448 g/mol. The summed E-state index contributed by atoms with van der Waals surface area (Å²) in [6, 6.07) is 17.5. The summed E-state index contributed by atoms with van der Waals surface area (Å²) in [7, 11) is 0. The van der Waals surface area contributed by atoms with E-state index in [-0.39, 0.29) is 29.8 Å². The van der Waals surface area contributed by atoms with Gasteiger partial charge in [-0.1, -0.05) is 60.7 Å². The third-order valence-corrected chi connectivity index (χ3v) is 6.67. The Morgan fingerprint density at radius 2 is 1.55 bits per heavy atom. The second kappa shape index (κ2) is 10.2. The maximum Gasteiger partial charge on any atom is 0.246 e. The molecule has 3 amide bonds. The van der Waals surface area contributed by atoms with Gasteiger partial charge in [0.15, 0.2) is 0 Å². The Labute approximate surface area is 194 Å². The Hall–Kier alpha value is -3.19. The lowest BCUT2D eigenvalue weighted by Gasteiger charge is -2.32. The van der Waals surface area contributed by atoms with Gasteiger partial charge in [-0.3, -0.25) is 14.4 Å². The highest BCUT2D eigenvalue weighted by molar-refractivity contribution is 5.94. The fraction of sp³-hybridized carbons (Fsp3) is 0.423. The Bertz CT molecular complexity index is 940. The van der Waals surface area contributed by atoms with Crippen LogP contribution in [0.2, 0.25) is 0 Å². The van der Waals surface area contributed by atoms with E-state index in [1.165, 1.54) is 0 Å². The van der Waals surface area contributed by atoms with E-state index >= 15 is 0 Å². The highest BCUT2D eigenvalue weighted by Crippen LogP contribution is 2.33. The van der Waals surface area contributed by atoms with Gasteiger partial charge in [-0.15, -0.1) is 0 Å². The number of nitrogens with two attached hydrogens (primary N) is 1. The lowest BCUT2D eigenvalue weighted by molar-refractivity contribution is -0.143. The molecule has 2 fully saturated rings. The predicted molar refractivity (Wildman–Crippen MR) is 126 cm³/mol. The molecule has 2 aliphatic heterocycles. The van der Waals surface area contributed by atoms with Crippen molar-refractivity contribution >= 4 is 17.7 Å². The molecule has 0 saturated carbocycles. The molecule has 2 heterocycles. The molecule has 0 aromatic heterocycles. The summed E-state index contributed by atoms with van der Waals surface area (Å²) in [6.45, 7) is 1.60. The van der Waals surface area contributed by atoms with E-state index in [4.69, 9.17) is 5.73 Å². The number of nitrogens with one attached hydrogen (secondary N) is 2. The number of rotatable bonds is 6. The summed E-state index contributed by atoms with van der Waals surface area (Å²) in [6.07, 6.45) is 3.63. The van der Waals surface area contributed by atoms with Crippen LogP contribution in [0.5, 0.6) is 0 Å². The Morgan fingerprint density at radius 1 is 0.939 bits per heavy atom. The van der Waals surface area contributed by atoms with Crippen LogP contribution < -0.4 is 16.4 Å². The van der Waals surface area contributed by atoms with Crippen LogP contribution in [0, 0.1) is 0 Å². The van der Waals surface area contributed by atoms with Crippen LogP contribution in [0.1, 0.15) is 56.2 Å². The first-order chi connectivity index (χ1) is 16.0. The number of benzene rings is 2. The van der Waals surface area contributed by atoms with Gasteiger partial charge in [0.05, 0.1) is 12.1 Å². The van der Waals surface area contributed by atoms with E-state index < -0.39 is 18.1 Å². The van der Waals surface area contributed by atoms with Crippen molar-refractivity contribution in [2.24, 2.45) is 5.73 Å². The van der Waals surface area contributed by atoms with Crippen molar-refractivity contribution in [3.63, 3.8) is 0 Å². The first-order valence-corrected chi connectivity index (χ1v) is 11.7. The highest BCUT2D eigenvalue weighted by Gasteiger charge is 2.45. The third kappa shape index (κ3) is 5.09. The minimum atomic E-state index is -0.688. The van der Waals surface area contributed by atoms with Crippen molar-refractivity contribution in [2.75, 3.05) is 0 Å². The van der Waals surface area contributed by atoms with E-state index in [9.17, 15) is 14.4 Å². The van der Waals surface area contributed by atoms with Crippen LogP contribution in [0.15, 0.2) is 60.7 Å². The van der Waals surface area contributed by atoms with Crippen LogP contribution in [-0.4, -0.2) is 46.8 Å². The van der Waals surface area contributed by atoms with Crippen LogP contribution >= 0.6 is 0 Å². The fourth-order valence-electron chi connectivity index (χ4n) is 4.94. The van der Waals surface area contributed by atoms with Gasteiger partial charge in [0.25, 0.3) is 0 Å². The molecule has 2 aliphatic rings. The molecule has 4 rings (SSSR count). The van der Waals surface area contributed by atoms with E-state index in [0.717, 1.165) is 30.4 Å². The van der Waals surface area contributed by atoms with Gasteiger partial charge in [0.2, 0.25) is 17.7 Å². The van der Waals surface area contributed by atoms with Crippen LogP contribution in [0.3, 0.4) is 0 Å². The molecule has 0 radical (unpaired) electrons. The van der Waals surface area contributed by atoms with Crippen LogP contribution in [0.4, 0.5) is 0 Å². The lowest BCUT2D eigenvalue weighted by atomic mass is 9.98. The molecule has 0 aliphatic carbocycles. The van der Waals surface area contributed by atoms with E-state index in [1.54, 1.807) is 11.8 Å². The molecule has 0 unspecified atom stereocenters. The SMILES string of the molecule is C[C@H](N)C(=O)N[C@H]1CCC[C@H]2CC[C@@H](C(=O)NC(c3ccccc3)c3ccccc3)N2C1=O. The zero-order chi connectivity index (χ0) is 23.4. The molecular formula is C26H32N4O3. The van der Waals surface area contributed by atoms with Crippen LogP contribution in [-0.2, 0) is 14.4 Å². The average molecular weight is 449 g/mol. The quantitative estimate of drug-likeness (QED) is 0.631. The molecule has 2 aromatic carbocycles. The molecule has 7 nitrogen and oxygen atoms in total. The predicted octanol–water partition coefficient (Wildman–Crippen LogP) is 2.27. The van der Waals surface area contributed by atoms with Crippen molar-refractivity contribution in [3.05, 3.63) is 71.8 Å². The van der Waals surface area contributed by atoms with E-state index in [0.29, 0.717) is 12.8 Å². The molecule has 0 bridgehead atoms. The molecule has 0 spiro atoms. The number of nitrogens with zero attached hydrogens (tertiary/aromatic N) is 1. The third-order valence-electron chi connectivity index (χ3n) is 6.67. The standard InChI is InChI=1S/C26H32N4O3/c1-17(27)24(31)28-21-14-8-13-20-15-16-22(30(20)26(21)33)25(32)29-23(18-9-4-2-5-10-18)19-11-6-3-7-12-19/h2-7,9-12,17,20-23H,8,13-16,27H2,1H3,(H,28,31)(H,29,32)/t17-,20-,21-,22-/m0/s1. The highest BCUT2D eigenvalue weighted by atomic mass is 16.2. The normalized spacial score (nSPS) is 23.5. The molecule has 7 heteroatoms. The van der Waals surface area contributed by atoms with Gasteiger partial charge in [0, 0.05) is 6.04 Å². The fourth-order valence-corrected chi connectivity index (χ4v) is 4.94. The van der Waals surface area contributed by atoms with Crippen molar-refractivity contribution in [1.29, 1.82) is 0 Å². The summed E-state index contributed by atoms with van der Waals surface area (Å²) >= 11 is 0. The minimum absolute atomic E-state index is 0.0253. The van der Waals surface area contributed by atoms with Gasteiger partial charge >= 0.3 is 0 Å². The second-order valence-corrected chi connectivity index (χ2v) is 9.04.